The molecule has 12 heteroatoms. The Morgan fingerprint density at radius 2 is 1.76 bits per heavy atom. The van der Waals surface area contributed by atoms with E-state index in [-0.39, 0.29) is 30.2 Å². The molecule has 0 bridgehead atoms. The third-order valence-electron chi connectivity index (χ3n) is 5.16. The number of nitrogens with zero attached hydrogens (tertiary/aromatic N) is 2. The molecule has 1 heterocycles. The van der Waals surface area contributed by atoms with Gasteiger partial charge in [0.2, 0.25) is 5.91 Å². The molecule has 1 N–H and O–H groups in total. The first-order valence-corrected chi connectivity index (χ1v) is 10.1. The Bertz CT molecular complexity index is 1120. The van der Waals surface area contributed by atoms with E-state index in [0.717, 1.165) is 0 Å². The van der Waals surface area contributed by atoms with E-state index in [9.17, 15) is 24.5 Å². The number of esters is 1. The van der Waals surface area contributed by atoms with Gasteiger partial charge in [0.1, 0.15) is 22.9 Å². The van der Waals surface area contributed by atoms with Gasteiger partial charge in [0.05, 0.1) is 37.9 Å². The van der Waals surface area contributed by atoms with Crippen LogP contribution >= 0.6 is 0 Å². The first-order chi connectivity index (χ1) is 16.3. The van der Waals surface area contributed by atoms with Crippen LogP contribution in [0, 0.1) is 16.0 Å². The van der Waals surface area contributed by atoms with E-state index in [2.05, 4.69) is 5.32 Å². The zero-order valence-corrected chi connectivity index (χ0v) is 18.7. The number of anilines is 2. The molecule has 1 saturated heterocycles. The summed E-state index contributed by atoms with van der Waals surface area (Å²) >= 11 is 0. The highest BCUT2D eigenvalue weighted by molar-refractivity contribution is 6.01. The highest BCUT2D eigenvalue weighted by Crippen LogP contribution is 2.36. The Hall–Kier alpha value is -4.35. The highest BCUT2D eigenvalue weighted by atomic mass is 16.6. The fraction of sp³-hybridized carbons (Fsp3) is 0.318. The molecule has 34 heavy (non-hydrogen) atoms. The van der Waals surface area contributed by atoms with Crippen molar-refractivity contribution in [2.75, 3.05) is 44.7 Å². The number of benzene rings is 2. The SMILES string of the molecule is COc1ccc([N+](=O)[O-])c(NC(=O)COC(=O)[C@@H]2CC(=O)N(c3ccc(OC)cc3OC)C2)c1. The van der Waals surface area contributed by atoms with Crippen LogP contribution in [-0.4, -0.2) is 57.2 Å². The summed E-state index contributed by atoms with van der Waals surface area (Å²) in [5.74, 6) is -1.36. The van der Waals surface area contributed by atoms with Crippen LogP contribution in [0.15, 0.2) is 36.4 Å². The summed E-state index contributed by atoms with van der Waals surface area (Å²) in [5.41, 5.74) is 0.0387. The summed E-state index contributed by atoms with van der Waals surface area (Å²) in [6.07, 6.45) is -0.100. The normalized spacial score (nSPS) is 15.0. The lowest BCUT2D eigenvalue weighted by Gasteiger charge is -2.20. The molecule has 180 valence electrons. The number of rotatable bonds is 9. The zero-order valence-electron chi connectivity index (χ0n) is 18.7. The van der Waals surface area contributed by atoms with Crippen LogP contribution in [0.2, 0.25) is 0 Å². The van der Waals surface area contributed by atoms with Crippen LogP contribution < -0.4 is 24.4 Å². The van der Waals surface area contributed by atoms with Crippen molar-refractivity contribution in [3.8, 4) is 17.2 Å². The van der Waals surface area contributed by atoms with Crippen molar-refractivity contribution in [2.24, 2.45) is 5.92 Å². The lowest BCUT2D eigenvalue weighted by molar-refractivity contribution is -0.383. The van der Waals surface area contributed by atoms with E-state index in [1.807, 2.05) is 0 Å². The number of amides is 2. The number of carbonyl (C=O) groups is 3. The number of ether oxygens (including phenoxy) is 4. The monoisotopic (exact) mass is 473 g/mol. The second-order valence-corrected chi connectivity index (χ2v) is 7.24. The lowest BCUT2D eigenvalue weighted by Crippen LogP contribution is -2.28. The Morgan fingerprint density at radius 3 is 2.41 bits per heavy atom. The highest BCUT2D eigenvalue weighted by Gasteiger charge is 2.37. The number of nitrogens with one attached hydrogen (secondary N) is 1. The average molecular weight is 473 g/mol. The molecule has 0 spiro atoms. The van der Waals surface area contributed by atoms with Gasteiger partial charge in [-0.2, -0.15) is 0 Å². The molecule has 12 nitrogen and oxygen atoms in total. The number of carbonyl (C=O) groups excluding carboxylic acids is 3. The average Bonchev–Trinajstić information content (AvgIpc) is 3.23. The van der Waals surface area contributed by atoms with E-state index < -0.39 is 29.3 Å². The Kier molecular flexibility index (Phi) is 7.51. The number of nitro benzene ring substituents is 1. The largest absolute Gasteiger partial charge is 0.497 e. The van der Waals surface area contributed by atoms with Gasteiger partial charge >= 0.3 is 5.97 Å². The van der Waals surface area contributed by atoms with Crippen molar-refractivity contribution in [3.05, 3.63) is 46.5 Å². The Morgan fingerprint density at radius 1 is 1.09 bits per heavy atom. The molecule has 2 amide bonds. The van der Waals surface area contributed by atoms with Gasteiger partial charge in [0.25, 0.3) is 11.6 Å². The van der Waals surface area contributed by atoms with E-state index in [0.29, 0.717) is 22.9 Å². The molecular formula is C22H23N3O9. The van der Waals surface area contributed by atoms with E-state index in [1.165, 1.54) is 44.4 Å². The quantitative estimate of drug-likeness (QED) is 0.329. The van der Waals surface area contributed by atoms with Gasteiger partial charge in [-0.1, -0.05) is 0 Å². The number of hydrogen-bond donors (Lipinski definition) is 1. The smallest absolute Gasteiger partial charge is 0.311 e. The second kappa shape index (κ2) is 10.5. The van der Waals surface area contributed by atoms with Gasteiger partial charge < -0.3 is 29.2 Å². The Balaban J connectivity index is 1.62. The standard InChI is InChI=1S/C22H23N3O9/c1-31-14-4-6-17(25(29)30)16(9-14)23-20(26)12-34-22(28)13-8-21(27)24(11-13)18-7-5-15(32-2)10-19(18)33-3/h4-7,9-10,13H,8,11-12H2,1-3H3,(H,23,26)/t13-/m1/s1. The fourth-order valence-electron chi connectivity index (χ4n) is 3.45. The van der Waals surface area contributed by atoms with Gasteiger partial charge in [-0.15, -0.1) is 0 Å². The second-order valence-electron chi connectivity index (χ2n) is 7.24. The molecule has 1 fully saturated rings. The van der Waals surface area contributed by atoms with Crippen LogP contribution in [0.3, 0.4) is 0 Å². The van der Waals surface area contributed by atoms with Crippen LogP contribution in [0.4, 0.5) is 17.1 Å². The summed E-state index contributed by atoms with van der Waals surface area (Å²) < 4.78 is 20.5. The van der Waals surface area contributed by atoms with Gasteiger partial charge in [-0.3, -0.25) is 24.5 Å². The van der Waals surface area contributed by atoms with E-state index >= 15 is 0 Å². The van der Waals surface area contributed by atoms with Crippen molar-refractivity contribution < 1.29 is 38.3 Å². The van der Waals surface area contributed by atoms with Crippen molar-refractivity contribution in [1.29, 1.82) is 0 Å². The minimum atomic E-state index is -0.793. The topological polar surface area (TPSA) is 147 Å². The maximum absolute atomic E-state index is 12.5. The van der Waals surface area contributed by atoms with Crippen molar-refractivity contribution in [3.63, 3.8) is 0 Å². The summed E-state index contributed by atoms with van der Waals surface area (Å²) in [6.45, 7) is -0.632. The van der Waals surface area contributed by atoms with Gasteiger partial charge in [0, 0.05) is 31.2 Å². The van der Waals surface area contributed by atoms with Crippen LogP contribution in [-0.2, 0) is 19.1 Å². The first-order valence-electron chi connectivity index (χ1n) is 10.1. The van der Waals surface area contributed by atoms with Gasteiger partial charge in [-0.25, -0.2) is 0 Å². The maximum Gasteiger partial charge on any atom is 0.311 e. The molecule has 3 rings (SSSR count). The predicted molar refractivity (Wildman–Crippen MR) is 119 cm³/mol. The molecule has 1 aliphatic rings. The molecule has 0 aliphatic carbocycles. The van der Waals surface area contributed by atoms with E-state index in [4.69, 9.17) is 18.9 Å². The maximum atomic E-state index is 12.5. The molecule has 0 aromatic heterocycles. The molecule has 2 aromatic rings. The molecule has 0 radical (unpaired) electrons. The molecule has 1 aliphatic heterocycles. The van der Waals surface area contributed by atoms with Gasteiger partial charge in [-0.05, 0) is 18.2 Å². The van der Waals surface area contributed by atoms with Gasteiger partial charge in [0.15, 0.2) is 6.61 Å². The zero-order chi connectivity index (χ0) is 24.8. The van der Waals surface area contributed by atoms with Crippen LogP contribution in [0.25, 0.3) is 0 Å². The van der Waals surface area contributed by atoms with E-state index in [1.54, 1.807) is 18.2 Å². The van der Waals surface area contributed by atoms with Crippen molar-refractivity contribution in [1.82, 2.24) is 0 Å². The fourth-order valence-corrected chi connectivity index (χ4v) is 3.45. The molecule has 1 atom stereocenters. The summed E-state index contributed by atoms with van der Waals surface area (Å²) in [7, 11) is 4.34. The Labute approximate surface area is 194 Å². The molecular weight excluding hydrogens is 450 g/mol. The third-order valence-corrected chi connectivity index (χ3v) is 5.16. The number of methoxy groups -OCH3 is 3. The molecule has 0 saturated carbocycles. The number of nitro groups is 1. The van der Waals surface area contributed by atoms with Crippen molar-refractivity contribution >= 4 is 34.8 Å². The third kappa shape index (κ3) is 5.34. The first kappa shape index (κ1) is 24.3. The predicted octanol–water partition coefficient (Wildman–Crippen LogP) is 2.16. The lowest BCUT2D eigenvalue weighted by atomic mass is 10.1. The van der Waals surface area contributed by atoms with Crippen LogP contribution in [0.1, 0.15) is 6.42 Å². The minimum absolute atomic E-state index is 0.0450. The molecule has 0 unspecified atom stereocenters. The van der Waals surface area contributed by atoms with Crippen molar-refractivity contribution in [2.45, 2.75) is 6.42 Å². The minimum Gasteiger partial charge on any atom is -0.497 e. The molecule has 2 aromatic carbocycles. The number of hydrogen-bond acceptors (Lipinski definition) is 9. The summed E-state index contributed by atoms with van der Waals surface area (Å²) in [5, 5.41) is 13.5. The summed E-state index contributed by atoms with van der Waals surface area (Å²) in [6, 6.07) is 8.79. The van der Waals surface area contributed by atoms with Crippen LogP contribution in [0.5, 0.6) is 17.2 Å². The summed E-state index contributed by atoms with van der Waals surface area (Å²) in [4.78, 5) is 49.2.